The maximum atomic E-state index is 5.64. The molecule has 0 radical (unpaired) electrons. The third kappa shape index (κ3) is 1.75. The topological polar surface area (TPSA) is 47.0 Å². The molecular formula is C13H13N3OS. The first-order chi connectivity index (χ1) is 8.90. The molecule has 2 aromatic rings. The minimum atomic E-state index is 0.196. The summed E-state index contributed by atoms with van der Waals surface area (Å²) in [5, 5.41) is 4.32. The predicted octanol–water partition coefficient (Wildman–Crippen LogP) is 2.96. The Kier molecular flexibility index (Phi) is 2.26. The molecule has 0 amide bonds. The van der Waals surface area contributed by atoms with Gasteiger partial charge in [-0.1, -0.05) is 18.2 Å². The number of benzene rings is 1. The van der Waals surface area contributed by atoms with Crippen LogP contribution >= 0.6 is 11.5 Å². The first-order valence-corrected chi connectivity index (χ1v) is 6.99. The van der Waals surface area contributed by atoms with Gasteiger partial charge in [0, 0.05) is 23.0 Å². The quantitative estimate of drug-likeness (QED) is 0.920. The fourth-order valence-corrected chi connectivity index (χ4v) is 2.93. The van der Waals surface area contributed by atoms with Crippen molar-refractivity contribution >= 4 is 16.7 Å². The molecule has 2 aliphatic rings. The lowest BCUT2D eigenvalue weighted by atomic mass is 10.1. The Morgan fingerprint density at radius 3 is 3.06 bits per heavy atom. The van der Waals surface area contributed by atoms with Crippen molar-refractivity contribution in [3.63, 3.8) is 0 Å². The predicted molar refractivity (Wildman–Crippen MR) is 70.2 cm³/mol. The van der Waals surface area contributed by atoms with Gasteiger partial charge in [-0.3, -0.25) is 0 Å². The molecule has 92 valence electrons. The number of hydrogen-bond donors (Lipinski definition) is 1. The smallest absolute Gasteiger partial charge is 0.203 e. The largest absolute Gasteiger partial charge is 0.491 e. The second-order valence-electron chi connectivity index (χ2n) is 4.78. The molecule has 1 aromatic heterocycles. The number of fused-ring (bicyclic) bond motifs is 1. The molecule has 4 nitrogen and oxygen atoms in total. The molecule has 0 saturated heterocycles. The summed E-state index contributed by atoms with van der Waals surface area (Å²) in [7, 11) is 0. The zero-order valence-corrected chi connectivity index (χ0v) is 10.6. The van der Waals surface area contributed by atoms with E-state index in [1.54, 1.807) is 0 Å². The van der Waals surface area contributed by atoms with Crippen molar-refractivity contribution in [2.24, 2.45) is 0 Å². The summed E-state index contributed by atoms with van der Waals surface area (Å²) in [6.45, 7) is 0.664. The van der Waals surface area contributed by atoms with E-state index in [0.29, 0.717) is 12.5 Å². The van der Waals surface area contributed by atoms with Gasteiger partial charge in [-0.05, 0) is 18.9 Å². The lowest BCUT2D eigenvalue weighted by Gasteiger charge is -2.09. The monoisotopic (exact) mass is 259 g/mol. The van der Waals surface area contributed by atoms with Crippen LogP contribution in [0.4, 0.5) is 5.13 Å². The Labute approximate surface area is 109 Å². The molecule has 1 unspecified atom stereocenters. The third-order valence-corrected chi connectivity index (χ3v) is 4.04. The number of para-hydroxylation sites is 1. The van der Waals surface area contributed by atoms with Crippen LogP contribution in [0.5, 0.6) is 5.75 Å². The Morgan fingerprint density at radius 1 is 1.28 bits per heavy atom. The van der Waals surface area contributed by atoms with Crippen molar-refractivity contribution in [2.45, 2.75) is 24.8 Å². The van der Waals surface area contributed by atoms with Crippen molar-refractivity contribution in [3.05, 3.63) is 35.7 Å². The Morgan fingerprint density at radius 2 is 2.17 bits per heavy atom. The van der Waals surface area contributed by atoms with E-state index >= 15 is 0 Å². The molecule has 5 heteroatoms. The third-order valence-electron chi connectivity index (χ3n) is 3.38. The molecule has 0 spiro atoms. The van der Waals surface area contributed by atoms with Crippen molar-refractivity contribution in [2.75, 3.05) is 11.9 Å². The van der Waals surface area contributed by atoms with Crippen LogP contribution < -0.4 is 10.1 Å². The van der Waals surface area contributed by atoms with Gasteiger partial charge in [0.15, 0.2) is 0 Å². The minimum absolute atomic E-state index is 0.196. The van der Waals surface area contributed by atoms with Crippen molar-refractivity contribution in [1.82, 2.24) is 9.36 Å². The summed E-state index contributed by atoms with van der Waals surface area (Å²) in [6, 6.07) is 8.34. The standard InChI is InChI=1S/C13H13N3OS/c1-2-4-11-9(3-1)10(7-17-11)14-13-15-12(16-18-13)8-5-6-8/h1-4,8,10H,5-7H2,(H,14,15,16). The van der Waals surface area contributed by atoms with Gasteiger partial charge in [0.1, 0.15) is 18.2 Å². The molecule has 0 bridgehead atoms. The van der Waals surface area contributed by atoms with Gasteiger partial charge in [0.05, 0.1) is 6.04 Å². The highest BCUT2D eigenvalue weighted by molar-refractivity contribution is 7.09. The number of ether oxygens (including phenoxy) is 1. The summed E-state index contributed by atoms with van der Waals surface area (Å²) in [6.07, 6.45) is 2.48. The van der Waals surface area contributed by atoms with E-state index in [1.807, 2.05) is 18.2 Å². The van der Waals surface area contributed by atoms with Crippen LogP contribution in [-0.2, 0) is 0 Å². The van der Waals surface area contributed by atoms with Crippen LogP contribution in [0.3, 0.4) is 0 Å². The van der Waals surface area contributed by atoms with Crippen LogP contribution in [0, 0.1) is 0 Å². The van der Waals surface area contributed by atoms with E-state index in [-0.39, 0.29) is 6.04 Å². The summed E-state index contributed by atoms with van der Waals surface area (Å²) in [5.41, 5.74) is 1.21. The van der Waals surface area contributed by atoms with E-state index in [4.69, 9.17) is 4.74 Å². The molecule has 1 atom stereocenters. The highest BCUT2D eigenvalue weighted by Crippen LogP contribution is 2.40. The Bertz CT molecular complexity index is 579. The highest BCUT2D eigenvalue weighted by atomic mass is 32.1. The molecule has 1 aliphatic heterocycles. The zero-order chi connectivity index (χ0) is 11.9. The van der Waals surface area contributed by atoms with E-state index in [0.717, 1.165) is 16.7 Å². The zero-order valence-electron chi connectivity index (χ0n) is 9.80. The van der Waals surface area contributed by atoms with Gasteiger partial charge in [-0.25, -0.2) is 4.98 Å². The summed E-state index contributed by atoms with van der Waals surface area (Å²) < 4.78 is 10.0. The number of anilines is 1. The van der Waals surface area contributed by atoms with Crippen molar-refractivity contribution in [3.8, 4) is 5.75 Å². The van der Waals surface area contributed by atoms with E-state index in [1.165, 1.54) is 29.9 Å². The number of rotatable bonds is 3. The highest BCUT2D eigenvalue weighted by Gasteiger charge is 2.29. The number of aromatic nitrogens is 2. The second kappa shape index (κ2) is 3.95. The number of nitrogens with one attached hydrogen (secondary N) is 1. The maximum Gasteiger partial charge on any atom is 0.203 e. The van der Waals surface area contributed by atoms with Gasteiger partial charge in [0.2, 0.25) is 5.13 Å². The second-order valence-corrected chi connectivity index (χ2v) is 5.53. The minimum Gasteiger partial charge on any atom is -0.491 e. The summed E-state index contributed by atoms with van der Waals surface area (Å²) in [4.78, 5) is 4.55. The average Bonchev–Trinajstić information content (AvgIpc) is 3.02. The Hall–Kier alpha value is -1.62. The molecule has 1 fully saturated rings. The van der Waals surface area contributed by atoms with E-state index < -0.39 is 0 Å². The van der Waals surface area contributed by atoms with Crippen LogP contribution in [0.25, 0.3) is 0 Å². The fourth-order valence-electron chi connectivity index (χ4n) is 2.23. The van der Waals surface area contributed by atoms with Crippen LogP contribution in [0.15, 0.2) is 24.3 Å². The first-order valence-electron chi connectivity index (χ1n) is 6.22. The normalized spacial score (nSPS) is 21.4. The molecule has 4 rings (SSSR count). The molecule has 2 heterocycles. The van der Waals surface area contributed by atoms with Gasteiger partial charge in [-0.2, -0.15) is 4.37 Å². The molecule has 18 heavy (non-hydrogen) atoms. The van der Waals surface area contributed by atoms with Crippen LogP contribution in [0.1, 0.15) is 36.2 Å². The fraction of sp³-hybridized carbons (Fsp3) is 0.385. The van der Waals surface area contributed by atoms with Gasteiger partial charge in [-0.15, -0.1) is 0 Å². The van der Waals surface area contributed by atoms with Crippen molar-refractivity contribution < 1.29 is 4.74 Å². The molecule has 1 saturated carbocycles. The number of nitrogens with zero attached hydrogens (tertiary/aromatic N) is 2. The van der Waals surface area contributed by atoms with Crippen LogP contribution in [-0.4, -0.2) is 16.0 Å². The summed E-state index contributed by atoms with van der Waals surface area (Å²) in [5.74, 6) is 2.60. The SMILES string of the molecule is c1ccc2c(c1)OCC2Nc1nc(C2CC2)ns1. The molecule has 1 N–H and O–H groups in total. The van der Waals surface area contributed by atoms with Crippen LogP contribution in [0.2, 0.25) is 0 Å². The van der Waals surface area contributed by atoms with Gasteiger partial charge >= 0.3 is 0 Å². The molecular weight excluding hydrogens is 246 g/mol. The number of hydrogen-bond acceptors (Lipinski definition) is 5. The van der Waals surface area contributed by atoms with Gasteiger partial charge in [0.25, 0.3) is 0 Å². The lowest BCUT2D eigenvalue weighted by Crippen LogP contribution is -2.11. The van der Waals surface area contributed by atoms with E-state index in [9.17, 15) is 0 Å². The average molecular weight is 259 g/mol. The maximum absolute atomic E-state index is 5.64. The molecule has 1 aromatic carbocycles. The Balaban J connectivity index is 1.54. The summed E-state index contributed by atoms with van der Waals surface area (Å²) >= 11 is 1.45. The first kappa shape index (κ1) is 10.3. The van der Waals surface area contributed by atoms with Gasteiger partial charge < -0.3 is 10.1 Å². The van der Waals surface area contributed by atoms with Crippen molar-refractivity contribution in [1.29, 1.82) is 0 Å². The molecule has 1 aliphatic carbocycles. The lowest BCUT2D eigenvalue weighted by molar-refractivity contribution is 0.340. The van der Waals surface area contributed by atoms with E-state index in [2.05, 4.69) is 20.7 Å².